The number of halogens is 4. The van der Waals surface area contributed by atoms with E-state index in [1.807, 2.05) is 12.1 Å². The number of carbonyl (C=O) groups is 1. The van der Waals surface area contributed by atoms with Crippen LogP contribution < -0.4 is 15.4 Å². The Balaban J connectivity index is 1.89. The number of anilines is 1. The predicted molar refractivity (Wildman–Crippen MR) is 90.2 cm³/mol. The molecule has 2 amide bonds. The number of carbonyl (C=O) groups excluding carboxylic acids is 1. The van der Waals surface area contributed by atoms with Gasteiger partial charge in [0.1, 0.15) is 5.75 Å². The van der Waals surface area contributed by atoms with Crippen LogP contribution in [0.15, 0.2) is 42.5 Å². The number of hydrogen-bond donors (Lipinski definition) is 2. The maximum atomic E-state index is 12.7. The number of ether oxygens (including phenoxy) is 1. The van der Waals surface area contributed by atoms with Crippen LogP contribution in [0.3, 0.4) is 0 Å². The number of amides is 2. The Hall–Kier alpha value is -2.41. The van der Waals surface area contributed by atoms with Crippen LogP contribution in [-0.2, 0) is 12.6 Å². The van der Waals surface area contributed by atoms with E-state index in [2.05, 4.69) is 10.6 Å². The number of benzene rings is 2. The molecule has 0 aromatic heterocycles. The van der Waals surface area contributed by atoms with Crippen LogP contribution in [0.5, 0.6) is 5.75 Å². The monoisotopic (exact) mass is 372 g/mol. The standard InChI is InChI=1S/C17H16ClF3N2O2/c1-25-13-5-2-11(3-6-13)8-9-22-16(24)23-15-10-12(17(19,20)21)4-7-14(15)18/h2-7,10H,8-9H2,1H3,(H2,22,23,24). The molecule has 0 aliphatic carbocycles. The average Bonchev–Trinajstić information content (AvgIpc) is 2.56. The number of hydrogen-bond acceptors (Lipinski definition) is 2. The van der Waals surface area contributed by atoms with E-state index in [9.17, 15) is 18.0 Å². The van der Waals surface area contributed by atoms with E-state index in [1.54, 1.807) is 19.2 Å². The van der Waals surface area contributed by atoms with Crippen LogP contribution in [0.2, 0.25) is 5.02 Å². The second-order valence-electron chi connectivity index (χ2n) is 5.17. The first-order valence-corrected chi connectivity index (χ1v) is 7.72. The van der Waals surface area contributed by atoms with Crippen molar-refractivity contribution in [3.8, 4) is 5.75 Å². The van der Waals surface area contributed by atoms with Crippen molar-refractivity contribution in [3.63, 3.8) is 0 Å². The van der Waals surface area contributed by atoms with Crippen molar-refractivity contribution in [2.75, 3.05) is 19.0 Å². The number of nitrogens with one attached hydrogen (secondary N) is 2. The van der Waals surface area contributed by atoms with Crippen molar-refractivity contribution in [1.82, 2.24) is 5.32 Å². The summed E-state index contributed by atoms with van der Waals surface area (Å²) in [4.78, 5) is 11.8. The molecule has 0 radical (unpaired) electrons. The van der Waals surface area contributed by atoms with Crippen LogP contribution in [0, 0.1) is 0 Å². The molecule has 0 fully saturated rings. The molecular formula is C17H16ClF3N2O2. The average molecular weight is 373 g/mol. The van der Waals surface area contributed by atoms with Crippen molar-refractivity contribution in [2.45, 2.75) is 12.6 Å². The molecule has 8 heteroatoms. The minimum atomic E-state index is -4.51. The van der Waals surface area contributed by atoms with E-state index >= 15 is 0 Å². The van der Waals surface area contributed by atoms with Crippen molar-refractivity contribution in [3.05, 3.63) is 58.6 Å². The Morgan fingerprint density at radius 2 is 1.84 bits per heavy atom. The van der Waals surface area contributed by atoms with Gasteiger partial charge in [-0.05, 0) is 42.3 Å². The van der Waals surface area contributed by atoms with E-state index in [0.717, 1.165) is 29.5 Å². The summed E-state index contributed by atoms with van der Waals surface area (Å²) in [5.41, 5.74) is 0.00192. The lowest BCUT2D eigenvalue weighted by molar-refractivity contribution is -0.137. The van der Waals surface area contributed by atoms with Gasteiger partial charge in [0.25, 0.3) is 0 Å². The first kappa shape index (κ1) is 18.9. The zero-order valence-corrected chi connectivity index (χ0v) is 14.0. The Kier molecular flexibility index (Phi) is 6.14. The molecule has 0 aliphatic heterocycles. The Labute approximate surface area is 147 Å². The van der Waals surface area contributed by atoms with E-state index in [0.29, 0.717) is 13.0 Å². The summed E-state index contributed by atoms with van der Waals surface area (Å²) < 4.78 is 43.2. The first-order valence-electron chi connectivity index (χ1n) is 7.34. The third-order valence-electron chi connectivity index (χ3n) is 3.40. The van der Waals surface area contributed by atoms with Gasteiger partial charge in [-0.15, -0.1) is 0 Å². The Morgan fingerprint density at radius 3 is 2.44 bits per heavy atom. The van der Waals surface area contributed by atoms with Crippen LogP contribution >= 0.6 is 11.6 Å². The summed E-state index contributed by atoms with van der Waals surface area (Å²) >= 11 is 5.83. The van der Waals surface area contributed by atoms with E-state index in [4.69, 9.17) is 16.3 Å². The summed E-state index contributed by atoms with van der Waals surface area (Å²) in [6.45, 7) is 0.314. The van der Waals surface area contributed by atoms with E-state index < -0.39 is 17.8 Å². The number of rotatable bonds is 5. The maximum absolute atomic E-state index is 12.7. The largest absolute Gasteiger partial charge is 0.497 e. The van der Waals surface area contributed by atoms with Crippen LogP contribution in [0.25, 0.3) is 0 Å². The lowest BCUT2D eigenvalue weighted by Crippen LogP contribution is -2.30. The Morgan fingerprint density at radius 1 is 1.16 bits per heavy atom. The quantitative estimate of drug-likeness (QED) is 0.797. The SMILES string of the molecule is COc1ccc(CCNC(=O)Nc2cc(C(F)(F)F)ccc2Cl)cc1. The molecule has 0 saturated heterocycles. The molecule has 2 aromatic carbocycles. The van der Waals surface area contributed by atoms with Gasteiger partial charge in [-0.1, -0.05) is 23.7 Å². The third-order valence-corrected chi connectivity index (χ3v) is 3.73. The maximum Gasteiger partial charge on any atom is 0.416 e. The van der Waals surface area contributed by atoms with Crippen LogP contribution in [0.1, 0.15) is 11.1 Å². The second kappa shape index (κ2) is 8.11. The fourth-order valence-corrected chi connectivity index (χ4v) is 2.24. The molecule has 2 aromatic rings. The van der Waals surface area contributed by atoms with Crippen LogP contribution in [-0.4, -0.2) is 19.7 Å². The highest BCUT2D eigenvalue weighted by Gasteiger charge is 2.31. The fraction of sp³-hybridized carbons (Fsp3) is 0.235. The highest BCUT2D eigenvalue weighted by Crippen LogP contribution is 2.33. The second-order valence-corrected chi connectivity index (χ2v) is 5.58. The van der Waals surface area contributed by atoms with Gasteiger partial charge in [-0.3, -0.25) is 0 Å². The molecule has 0 unspecified atom stereocenters. The highest BCUT2D eigenvalue weighted by atomic mass is 35.5. The summed E-state index contributed by atoms with van der Waals surface area (Å²) in [6, 6.07) is 9.45. The Bertz CT molecular complexity index is 734. The number of urea groups is 1. The van der Waals surface area contributed by atoms with Crippen molar-refractivity contribution in [1.29, 1.82) is 0 Å². The number of methoxy groups -OCH3 is 1. The van der Waals surface area contributed by atoms with Crippen molar-refractivity contribution in [2.24, 2.45) is 0 Å². The van der Waals surface area contributed by atoms with Crippen molar-refractivity contribution < 1.29 is 22.7 Å². The normalized spacial score (nSPS) is 11.1. The van der Waals surface area contributed by atoms with Crippen LogP contribution in [0.4, 0.5) is 23.7 Å². The molecule has 25 heavy (non-hydrogen) atoms. The molecule has 0 aliphatic rings. The minimum Gasteiger partial charge on any atom is -0.497 e. The first-order chi connectivity index (χ1) is 11.8. The van der Waals surface area contributed by atoms with Gasteiger partial charge in [-0.25, -0.2) is 4.79 Å². The minimum absolute atomic E-state index is 0.0262. The zero-order valence-electron chi connectivity index (χ0n) is 13.3. The van der Waals surface area contributed by atoms with Gasteiger partial charge in [0.2, 0.25) is 0 Å². The van der Waals surface area contributed by atoms with E-state index in [-0.39, 0.29) is 10.7 Å². The molecule has 0 bridgehead atoms. The molecule has 2 N–H and O–H groups in total. The predicted octanol–water partition coefficient (Wildman–Crippen LogP) is 4.73. The molecule has 134 valence electrons. The van der Waals surface area contributed by atoms with Gasteiger partial charge in [0.05, 0.1) is 23.4 Å². The molecular weight excluding hydrogens is 357 g/mol. The zero-order chi connectivity index (χ0) is 18.4. The summed E-state index contributed by atoms with van der Waals surface area (Å²) in [7, 11) is 1.57. The molecule has 0 atom stereocenters. The fourth-order valence-electron chi connectivity index (χ4n) is 2.08. The summed E-state index contributed by atoms with van der Waals surface area (Å²) in [5.74, 6) is 0.730. The van der Waals surface area contributed by atoms with Crippen molar-refractivity contribution >= 4 is 23.3 Å². The topological polar surface area (TPSA) is 50.4 Å². The smallest absolute Gasteiger partial charge is 0.416 e. The molecule has 2 rings (SSSR count). The molecule has 0 heterocycles. The summed E-state index contributed by atoms with van der Waals surface area (Å²) in [5, 5.41) is 4.92. The van der Waals surface area contributed by atoms with Gasteiger partial charge in [-0.2, -0.15) is 13.2 Å². The summed E-state index contributed by atoms with van der Waals surface area (Å²) in [6.07, 6.45) is -3.94. The number of alkyl halides is 3. The molecule has 0 saturated carbocycles. The third kappa shape index (κ3) is 5.56. The van der Waals surface area contributed by atoms with Gasteiger partial charge < -0.3 is 15.4 Å². The van der Waals surface area contributed by atoms with E-state index in [1.165, 1.54) is 0 Å². The highest BCUT2D eigenvalue weighted by molar-refractivity contribution is 6.33. The molecule has 0 spiro atoms. The van der Waals surface area contributed by atoms with Gasteiger partial charge >= 0.3 is 12.2 Å². The van der Waals surface area contributed by atoms with Gasteiger partial charge in [0.15, 0.2) is 0 Å². The van der Waals surface area contributed by atoms with Gasteiger partial charge in [0, 0.05) is 6.54 Å². The lowest BCUT2D eigenvalue weighted by Gasteiger charge is -2.12. The molecule has 4 nitrogen and oxygen atoms in total. The lowest BCUT2D eigenvalue weighted by atomic mass is 10.1.